The molecule has 3 heterocycles. The third-order valence-electron chi connectivity index (χ3n) is 5.58. The lowest BCUT2D eigenvalue weighted by Crippen LogP contribution is -2.41. The molecule has 168 valence electrons. The number of anilines is 1. The summed E-state index contributed by atoms with van der Waals surface area (Å²) in [6.45, 7) is 1.54. The summed E-state index contributed by atoms with van der Waals surface area (Å²) >= 11 is 0. The Hall–Kier alpha value is -2.95. The van der Waals surface area contributed by atoms with Crippen LogP contribution >= 0.6 is 0 Å². The third-order valence-corrected chi connectivity index (χ3v) is 5.58. The van der Waals surface area contributed by atoms with Crippen LogP contribution in [0.5, 0.6) is 11.5 Å². The van der Waals surface area contributed by atoms with Crippen LogP contribution in [0, 0.1) is 0 Å². The number of halogens is 3. The smallest absolute Gasteiger partial charge is 0.410 e. The normalized spacial score (nSPS) is 21.3. The highest BCUT2D eigenvalue weighted by Crippen LogP contribution is 2.45. The van der Waals surface area contributed by atoms with Crippen LogP contribution in [0.1, 0.15) is 34.4 Å². The minimum absolute atomic E-state index is 0.0600. The minimum atomic E-state index is -4.53. The van der Waals surface area contributed by atoms with Gasteiger partial charge in [0.2, 0.25) is 0 Å². The first-order valence-corrected chi connectivity index (χ1v) is 9.83. The Morgan fingerprint density at radius 1 is 1.19 bits per heavy atom. The number of hydrogen-bond acceptors (Lipinski definition) is 6. The lowest BCUT2D eigenvalue weighted by molar-refractivity contribution is -0.173. The van der Waals surface area contributed by atoms with Crippen molar-refractivity contribution < 1.29 is 32.2 Å². The number of amides is 1. The molecule has 4 rings (SSSR count). The van der Waals surface area contributed by atoms with Crippen LogP contribution < -0.4 is 14.8 Å². The van der Waals surface area contributed by atoms with Gasteiger partial charge in [-0.15, -0.1) is 0 Å². The number of nitrogens with one attached hydrogen (secondary N) is 1. The summed E-state index contributed by atoms with van der Waals surface area (Å²) < 4.78 is 58.3. The highest BCUT2D eigenvalue weighted by molar-refractivity contribution is 5.99. The Labute approximate surface area is 176 Å². The van der Waals surface area contributed by atoms with E-state index in [-0.39, 0.29) is 23.7 Å². The van der Waals surface area contributed by atoms with Crippen molar-refractivity contribution >= 4 is 11.7 Å². The van der Waals surface area contributed by atoms with Crippen molar-refractivity contribution in [2.45, 2.75) is 24.7 Å². The molecule has 0 bridgehead atoms. The Morgan fingerprint density at radius 2 is 1.90 bits per heavy atom. The molecule has 0 unspecified atom stereocenters. The van der Waals surface area contributed by atoms with E-state index < -0.39 is 18.3 Å². The van der Waals surface area contributed by atoms with Gasteiger partial charge < -0.3 is 24.4 Å². The van der Waals surface area contributed by atoms with Gasteiger partial charge in [0.05, 0.1) is 39.7 Å². The third kappa shape index (κ3) is 4.01. The molecule has 1 amide bonds. The van der Waals surface area contributed by atoms with Gasteiger partial charge in [-0.05, 0) is 17.7 Å². The molecule has 1 fully saturated rings. The van der Waals surface area contributed by atoms with Crippen LogP contribution in [-0.4, -0.2) is 67.3 Å². The lowest BCUT2D eigenvalue weighted by Gasteiger charge is -2.34. The number of carbonyl (C=O) groups is 1. The number of alkyl halides is 3. The number of hydrogen-bond donors (Lipinski definition) is 1. The van der Waals surface area contributed by atoms with E-state index in [0.717, 1.165) is 4.68 Å². The molecule has 0 saturated carbocycles. The molecule has 2 aromatic rings. The Kier molecular flexibility index (Phi) is 5.69. The first-order valence-electron chi connectivity index (χ1n) is 9.83. The van der Waals surface area contributed by atoms with E-state index in [1.807, 2.05) is 0 Å². The number of nitrogens with zero attached hydrogens (tertiary/aromatic N) is 3. The molecule has 1 saturated heterocycles. The fraction of sp³-hybridized carbons (Fsp3) is 0.500. The summed E-state index contributed by atoms with van der Waals surface area (Å²) in [7, 11) is 2.95. The fourth-order valence-corrected chi connectivity index (χ4v) is 3.94. The van der Waals surface area contributed by atoms with E-state index >= 15 is 0 Å². The molecular weight excluding hydrogens is 417 g/mol. The molecular formula is C20H23F3N4O4. The maximum absolute atomic E-state index is 13.9. The monoisotopic (exact) mass is 440 g/mol. The predicted molar refractivity (Wildman–Crippen MR) is 105 cm³/mol. The number of ether oxygens (including phenoxy) is 3. The summed E-state index contributed by atoms with van der Waals surface area (Å²) in [5.74, 6) is 0.576. The number of benzene rings is 1. The highest BCUT2D eigenvalue weighted by Gasteiger charge is 2.47. The number of rotatable bonds is 4. The van der Waals surface area contributed by atoms with E-state index in [1.54, 1.807) is 23.1 Å². The zero-order valence-electron chi connectivity index (χ0n) is 17.1. The van der Waals surface area contributed by atoms with Gasteiger partial charge in [-0.25, -0.2) is 4.68 Å². The molecule has 2 atom stereocenters. The molecule has 0 radical (unpaired) electrons. The van der Waals surface area contributed by atoms with E-state index in [0.29, 0.717) is 43.4 Å². The number of fused-ring (bicyclic) bond motifs is 1. The molecule has 2 aliphatic rings. The van der Waals surface area contributed by atoms with Crippen molar-refractivity contribution in [1.29, 1.82) is 0 Å². The number of aromatic nitrogens is 2. The van der Waals surface area contributed by atoms with Crippen LogP contribution in [-0.2, 0) is 4.74 Å². The molecule has 1 aromatic carbocycles. The molecule has 31 heavy (non-hydrogen) atoms. The average Bonchev–Trinajstić information content (AvgIpc) is 3.21. The lowest BCUT2D eigenvalue weighted by atomic mass is 9.96. The fourth-order valence-electron chi connectivity index (χ4n) is 3.94. The maximum atomic E-state index is 13.9. The summed E-state index contributed by atoms with van der Waals surface area (Å²) in [6, 6.07) is 2.39. The van der Waals surface area contributed by atoms with Crippen molar-refractivity contribution in [1.82, 2.24) is 14.7 Å². The average molecular weight is 440 g/mol. The van der Waals surface area contributed by atoms with Gasteiger partial charge in [-0.2, -0.15) is 18.3 Å². The molecule has 2 aliphatic heterocycles. The van der Waals surface area contributed by atoms with Gasteiger partial charge in [0.25, 0.3) is 5.91 Å². The van der Waals surface area contributed by atoms with Gasteiger partial charge in [0.1, 0.15) is 11.4 Å². The van der Waals surface area contributed by atoms with Crippen molar-refractivity contribution in [3.05, 3.63) is 35.5 Å². The molecule has 1 N–H and O–H groups in total. The van der Waals surface area contributed by atoms with Crippen LogP contribution in [0.3, 0.4) is 0 Å². The summed E-state index contributed by atoms with van der Waals surface area (Å²) in [4.78, 5) is 14.5. The van der Waals surface area contributed by atoms with Crippen LogP contribution in [0.2, 0.25) is 0 Å². The second kappa shape index (κ2) is 8.29. The minimum Gasteiger partial charge on any atom is -0.493 e. The summed E-state index contributed by atoms with van der Waals surface area (Å²) in [5, 5.41) is 7.02. The summed E-state index contributed by atoms with van der Waals surface area (Å²) in [5.41, 5.74) is 0.699. The van der Waals surface area contributed by atoms with Crippen molar-refractivity contribution in [2.75, 3.05) is 45.8 Å². The van der Waals surface area contributed by atoms with E-state index in [4.69, 9.17) is 14.2 Å². The van der Waals surface area contributed by atoms with Crippen molar-refractivity contribution in [2.24, 2.45) is 0 Å². The molecule has 11 heteroatoms. The second-order valence-electron chi connectivity index (χ2n) is 7.36. The Morgan fingerprint density at radius 3 is 2.55 bits per heavy atom. The topological polar surface area (TPSA) is 77.9 Å². The molecule has 0 spiro atoms. The quantitative estimate of drug-likeness (QED) is 0.788. The Bertz CT molecular complexity index is 956. The predicted octanol–water partition coefficient (Wildman–Crippen LogP) is 3.03. The van der Waals surface area contributed by atoms with E-state index in [2.05, 4.69) is 10.4 Å². The van der Waals surface area contributed by atoms with Crippen molar-refractivity contribution in [3.8, 4) is 11.5 Å². The van der Waals surface area contributed by atoms with Gasteiger partial charge in [0.15, 0.2) is 17.5 Å². The maximum Gasteiger partial charge on any atom is 0.410 e. The van der Waals surface area contributed by atoms with Gasteiger partial charge in [-0.3, -0.25) is 4.79 Å². The first-order chi connectivity index (χ1) is 14.8. The first kappa shape index (κ1) is 21.3. The number of morpholine rings is 1. The molecule has 0 aliphatic carbocycles. The number of carbonyl (C=O) groups excluding carboxylic acids is 1. The van der Waals surface area contributed by atoms with Crippen LogP contribution in [0.15, 0.2) is 24.4 Å². The van der Waals surface area contributed by atoms with Gasteiger partial charge in [0, 0.05) is 19.5 Å². The molecule has 8 nitrogen and oxygen atoms in total. The van der Waals surface area contributed by atoms with Crippen molar-refractivity contribution in [3.63, 3.8) is 0 Å². The summed E-state index contributed by atoms with van der Waals surface area (Å²) in [6.07, 6.45) is -3.61. The zero-order valence-corrected chi connectivity index (χ0v) is 17.1. The van der Waals surface area contributed by atoms with Gasteiger partial charge in [-0.1, -0.05) is 6.07 Å². The number of methoxy groups -OCH3 is 2. The second-order valence-corrected chi connectivity index (χ2v) is 7.36. The van der Waals surface area contributed by atoms with Crippen LogP contribution in [0.25, 0.3) is 0 Å². The van der Waals surface area contributed by atoms with Gasteiger partial charge >= 0.3 is 6.18 Å². The van der Waals surface area contributed by atoms with Crippen LogP contribution in [0.4, 0.5) is 19.0 Å². The highest BCUT2D eigenvalue weighted by atomic mass is 19.4. The van der Waals surface area contributed by atoms with E-state index in [1.165, 1.54) is 20.4 Å². The standard InChI is InChI=1S/C20H23F3N4O4/c1-29-15-4-3-12(9-16(15)30-2)14-10-17(20(21,22)23)27-18(25-14)13(11-24-27)19(28)26-5-7-31-8-6-26/h3-4,9,11,14,17,25H,5-8,10H2,1-2H3/t14-,17-/m1/s1. The largest absolute Gasteiger partial charge is 0.493 e. The van der Waals surface area contributed by atoms with E-state index in [9.17, 15) is 18.0 Å². The molecule has 1 aromatic heterocycles. The Balaban J connectivity index is 1.71. The SMILES string of the molecule is COc1ccc([C@H]2C[C@H](C(F)(F)F)n3ncc(C(=O)N4CCOCC4)c3N2)cc1OC. The zero-order chi connectivity index (χ0) is 22.2.